The molecule has 1 aromatic carbocycles. The van der Waals surface area contributed by atoms with E-state index in [9.17, 15) is 0 Å². The van der Waals surface area contributed by atoms with Crippen LogP contribution in [-0.2, 0) is 6.61 Å². The van der Waals surface area contributed by atoms with E-state index in [0.717, 1.165) is 10.0 Å². The number of aromatic nitrogens is 1. The number of oxazole rings is 1. The summed E-state index contributed by atoms with van der Waals surface area (Å²) in [6.45, 7) is -0.0521. The van der Waals surface area contributed by atoms with Gasteiger partial charge in [-0.15, -0.1) is 0 Å². The Morgan fingerprint density at radius 2 is 2.31 bits per heavy atom. The maximum atomic E-state index is 9.01. The molecule has 0 radical (unpaired) electrons. The largest absolute Gasteiger partial charge is 0.430 e. The van der Waals surface area contributed by atoms with Crippen molar-refractivity contribution in [2.75, 3.05) is 0 Å². The van der Waals surface area contributed by atoms with Crippen LogP contribution in [0.4, 0.5) is 0 Å². The van der Waals surface area contributed by atoms with Crippen LogP contribution in [0.1, 0.15) is 5.56 Å². The molecular weight excluding hydrogens is 254 g/mol. The predicted molar refractivity (Wildman–Crippen MR) is 54.9 cm³/mol. The lowest BCUT2D eigenvalue weighted by Gasteiger charge is -1.96. The standard InChI is InChI=1S/C8H6BrNO2S/c9-5-2-1-4(3-11)6-7(5)12-8(13)10-6/h1-2,11H,3H2,(H,10,13). The summed E-state index contributed by atoms with van der Waals surface area (Å²) >= 11 is 7.32. The Hall–Kier alpha value is -0.520. The van der Waals surface area contributed by atoms with Crippen molar-refractivity contribution in [3.05, 3.63) is 22.2 Å². The zero-order chi connectivity index (χ0) is 9.42. The van der Waals surface area contributed by atoms with Gasteiger partial charge in [-0.05, 0) is 22.0 Å². The fourth-order valence-electron chi connectivity index (χ4n) is 1.14. The molecule has 1 N–H and O–H groups in total. The van der Waals surface area contributed by atoms with E-state index in [1.807, 2.05) is 6.07 Å². The van der Waals surface area contributed by atoms with E-state index in [2.05, 4.69) is 33.5 Å². The number of nitrogens with zero attached hydrogens (tertiary/aromatic N) is 1. The third-order valence-corrected chi connectivity index (χ3v) is 2.55. The highest BCUT2D eigenvalue weighted by atomic mass is 79.9. The number of fused-ring (bicyclic) bond motifs is 1. The molecule has 0 fully saturated rings. The molecule has 68 valence electrons. The maximum absolute atomic E-state index is 9.01. The van der Waals surface area contributed by atoms with E-state index in [1.54, 1.807) is 6.07 Å². The van der Waals surface area contributed by atoms with Gasteiger partial charge in [0.2, 0.25) is 0 Å². The predicted octanol–water partition coefficient (Wildman–Crippen LogP) is 2.37. The minimum absolute atomic E-state index is 0.0521. The molecule has 0 aliphatic carbocycles. The summed E-state index contributed by atoms with van der Waals surface area (Å²) in [5.41, 5.74) is 2.01. The molecule has 2 rings (SSSR count). The number of hydrogen-bond acceptors (Lipinski definition) is 4. The van der Waals surface area contributed by atoms with Gasteiger partial charge < -0.3 is 9.52 Å². The SMILES string of the molecule is OCc1ccc(Br)c2oc(S)nc12. The summed E-state index contributed by atoms with van der Waals surface area (Å²) in [7, 11) is 0. The summed E-state index contributed by atoms with van der Waals surface area (Å²) in [6.07, 6.45) is 0. The van der Waals surface area contributed by atoms with Gasteiger partial charge >= 0.3 is 0 Å². The monoisotopic (exact) mass is 259 g/mol. The molecule has 0 atom stereocenters. The van der Waals surface area contributed by atoms with Gasteiger partial charge in [-0.1, -0.05) is 18.7 Å². The zero-order valence-corrected chi connectivity index (χ0v) is 8.97. The van der Waals surface area contributed by atoms with E-state index in [0.29, 0.717) is 16.3 Å². The van der Waals surface area contributed by atoms with Crippen molar-refractivity contribution in [2.45, 2.75) is 11.8 Å². The molecule has 0 saturated heterocycles. The molecule has 0 aliphatic rings. The van der Waals surface area contributed by atoms with Crippen molar-refractivity contribution in [3.8, 4) is 0 Å². The smallest absolute Gasteiger partial charge is 0.253 e. The topological polar surface area (TPSA) is 46.3 Å². The lowest BCUT2D eigenvalue weighted by molar-refractivity contribution is 0.283. The third-order valence-electron chi connectivity index (χ3n) is 1.74. The first-order chi connectivity index (χ1) is 6.22. The normalized spacial score (nSPS) is 11.0. The molecule has 5 heteroatoms. The van der Waals surface area contributed by atoms with Crippen LogP contribution in [0.3, 0.4) is 0 Å². The third kappa shape index (κ3) is 1.47. The van der Waals surface area contributed by atoms with E-state index in [1.165, 1.54) is 0 Å². The van der Waals surface area contributed by atoms with Crippen LogP contribution < -0.4 is 0 Å². The van der Waals surface area contributed by atoms with E-state index in [4.69, 9.17) is 9.52 Å². The molecule has 0 bridgehead atoms. The number of aliphatic hydroxyl groups excluding tert-OH is 1. The van der Waals surface area contributed by atoms with Gasteiger partial charge in [-0.2, -0.15) is 0 Å². The van der Waals surface area contributed by atoms with Gasteiger partial charge in [-0.3, -0.25) is 0 Å². The van der Waals surface area contributed by atoms with Crippen LogP contribution in [0.15, 0.2) is 26.2 Å². The number of aliphatic hydroxyl groups is 1. The van der Waals surface area contributed by atoms with Crippen LogP contribution in [0.2, 0.25) is 0 Å². The second-order valence-corrected chi connectivity index (χ2v) is 3.78. The highest BCUT2D eigenvalue weighted by Gasteiger charge is 2.10. The summed E-state index contributed by atoms with van der Waals surface area (Å²) < 4.78 is 6.05. The van der Waals surface area contributed by atoms with Gasteiger partial charge in [0, 0.05) is 5.56 Å². The van der Waals surface area contributed by atoms with Crippen molar-refractivity contribution in [2.24, 2.45) is 0 Å². The van der Waals surface area contributed by atoms with Crippen LogP contribution in [0, 0.1) is 0 Å². The number of hydrogen-bond donors (Lipinski definition) is 2. The van der Waals surface area contributed by atoms with Gasteiger partial charge in [0.05, 0.1) is 11.1 Å². The van der Waals surface area contributed by atoms with E-state index >= 15 is 0 Å². The highest BCUT2D eigenvalue weighted by molar-refractivity contribution is 9.10. The molecule has 0 spiro atoms. The van der Waals surface area contributed by atoms with Crippen LogP contribution in [0.5, 0.6) is 0 Å². The number of rotatable bonds is 1. The summed E-state index contributed by atoms with van der Waals surface area (Å²) in [5.74, 6) is 0. The second kappa shape index (κ2) is 3.32. The molecule has 0 saturated carbocycles. The minimum atomic E-state index is -0.0521. The van der Waals surface area contributed by atoms with Crippen molar-refractivity contribution < 1.29 is 9.52 Å². The minimum Gasteiger partial charge on any atom is -0.430 e. The summed E-state index contributed by atoms with van der Waals surface area (Å²) in [4.78, 5) is 4.05. The lowest BCUT2D eigenvalue weighted by atomic mass is 10.2. The van der Waals surface area contributed by atoms with E-state index in [-0.39, 0.29) is 6.61 Å². The summed E-state index contributed by atoms with van der Waals surface area (Å²) in [6, 6.07) is 3.61. The van der Waals surface area contributed by atoms with E-state index < -0.39 is 0 Å². The highest BCUT2D eigenvalue weighted by Crippen LogP contribution is 2.28. The lowest BCUT2D eigenvalue weighted by Crippen LogP contribution is -1.84. The second-order valence-electron chi connectivity index (χ2n) is 2.54. The van der Waals surface area contributed by atoms with Gasteiger partial charge in [0.15, 0.2) is 5.58 Å². The first-order valence-electron chi connectivity index (χ1n) is 3.60. The zero-order valence-electron chi connectivity index (χ0n) is 6.49. The summed E-state index contributed by atoms with van der Waals surface area (Å²) in [5, 5.41) is 9.32. The van der Waals surface area contributed by atoms with Crippen LogP contribution >= 0.6 is 28.6 Å². The van der Waals surface area contributed by atoms with Crippen molar-refractivity contribution >= 4 is 39.7 Å². The van der Waals surface area contributed by atoms with Gasteiger partial charge in [0.25, 0.3) is 5.22 Å². The maximum Gasteiger partial charge on any atom is 0.253 e. The quantitative estimate of drug-likeness (QED) is 0.774. The van der Waals surface area contributed by atoms with Crippen molar-refractivity contribution in [1.82, 2.24) is 4.98 Å². The van der Waals surface area contributed by atoms with Crippen LogP contribution in [0.25, 0.3) is 11.1 Å². The molecule has 0 aliphatic heterocycles. The Bertz CT molecular complexity index is 455. The fourth-order valence-corrected chi connectivity index (χ4v) is 1.74. The molecular formula is C8H6BrNO2S. The molecule has 2 aromatic rings. The molecule has 0 amide bonds. The molecule has 1 aromatic heterocycles. The fraction of sp³-hybridized carbons (Fsp3) is 0.125. The van der Waals surface area contributed by atoms with Crippen LogP contribution in [-0.4, -0.2) is 10.1 Å². The molecule has 13 heavy (non-hydrogen) atoms. The van der Waals surface area contributed by atoms with Crippen molar-refractivity contribution in [1.29, 1.82) is 0 Å². The average Bonchev–Trinajstić information content (AvgIpc) is 2.48. The Kier molecular flexibility index (Phi) is 2.31. The van der Waals surface area contributed by atoms with Gasteiger partial charge in [0.1, 0.15) is 5.52 Å². The Balaban J connectivity index is 2.83. The first kappa shape index (κ1) is 9.05. The molecule has 1 heterocycles. The average molecular weight is 260 g/mol. The Morgan fingerprint density at radius 3 is 3.00 bits per heavy atom. The van der Waals surface area contributed by atoms with Crippen molar-refractivity contribution in [3.63, 3.8) is 0 Å². The number of thiol groups is 1. The number of benzene rings is 1. The number of halogens is 1. The van der Waals surface area contributed by atoms with Gasteiger partial charge in [-0.25, -0.2) is 4.98 Å². The molecule has 3 nitrogen and oxygen atoms in total. The Labute approximate surface area is 88.3 Å². The molecule has 0 unspecified atom stereocenters. The first-order valence-corrected chi connectivity index (χ1v) is 4.84. The Morgan fingerprint density at radius 1 is 1.54 bits per heavy atom.